The number of alkyl halides is 3. The van der Waals surface area contributed by atoms with Gasteiger partial charge in [-0.25, -0.2) is 4.98 Å². The van der Waals surface area contributed by atoms with Crippen molar-refractivity contribution in [1.82, 2.24) is 4.98 Å². The van der Waals surface area contributed by atoms with Crippen molar-refractivity contribution in [1.29, 1.82) is 0 Å². The Morgan fingerprint density at radius 2 is 1.84 bits per heavy atom. The Bertz CT molecular complexity index is 1200. The van der Waals surface area contributed by atoms with Gasteiger partial charge in [-0.2, -0.15) is 0 Å². The molecular weight excluding hydrogens is 423 g/mol. The molecule has 1 saturated heterocycles. The van der Waals surface area contributed by atoms with Gasteiger partial charge in [-0.3, -0.25) is 4.99 Å². The molecule has 32 heavy (non-hydrogen) atoms. The normalized spacial score (nSPS) is 17.4. The molecule has 5 rings (SSSR count). The maximum Gasteiger partial charge on any atom is 0.573 e. The zero-order valence-electron chi connectivity index (χ0n) is 16.7. The quantitative estimate of drug-likeness (QED) is 0.481. The summed E-state index contributed by atoms with van der Waals surface area (Å²) in [4.78, 5) is 10.8. The van der Waals surface area contributed by atoms with Gasteiger partial charge in [-0.1, -0.05) is 6.07 Å². The third-order valence-corrected chi connectivity index (χ3v) is 5.30. The van der Waals surface area contributed by atoms with E-state index in [1.54, 1.807) is 18.5 Å². The zero-order chi connectivity index (χ0) is 22.3. The Kier molecular flexibility index (Phi) is 4.97. The summed E-state index contributed by atoms with van der Waals surface area (Å²) in [6.07, 6.45) is -1.12. The summed E-state index contributed by atoms with van der Waals surface area (Å²) in [7, 11) is 0. The molecule has 2 aliphatic rings. The van der Waals surface area contributed by atoms with Gasteiger partial charge in [0.25, 0.3) is 0 Å². The van der Waals surface area contributed by atoms with Crippen molar-refractivity contribution in [2.75, 3.05) is 18.0 Å². The molecule has 6 nitrogen and oxygen atoms in total. The van der Waals surface area contributed by atoms with Crippen LogP contribution in [0.1, 0.15) is 12.0 Å². The Morgan fingerprint density at radius 1 is 1.03 bits per heavy atom. The summed E-state index contributed by atoms with van der Waals surface area (Å²) in [5.74, 6) is 1.31. The summed E-state index contributed by atoms with van der Waals surface area (Å²) in [6.45, 7) is 1.31. The number of β-amino-alcohol motifs (C(OH)–C–C–N with tert-alkyl or cyclic N) is 1. The lowest BCUT2D eigenvalue weighted by molar-refractivity contribution is -0.274. The van der Waals surface area contributed by atoms with Crippen molar-refractivity contribution in [2.45, 2.75) is 18.9 Å². The number of pyridine rings is 1. The van der Waals surface area contributed by atoms with Crippen LogP contribution >= 0.6 is 0 Å². The molecular formula is C23H18F3N3O3. The first kappa shape index (κ1) is 20.3. The van der Waals surface area contributed by atoms with E-state index in [0.717, 1.165) is 29.9 Å². The Hall–Kier alpha value is -3.59. The molecule has 9 heteroatoms. The lowest BCUT2D eigenvalue weighted by atomic mass is 10.0. The standard InChI is InChI=1S/C23H18F3N3O3/c24-23(25,26)32-18-2-4-21-19(11-18)28-12-16-9-14(1-3-20(16)31-21)15-5-7-27-22(10-15)29-8-6-17(30)13-29/h1-5,7,9-12,17,30H,6,8,13H2/t17-/m1/s1. The van der Waals surface area contributed by atoms with Crippen molar-refractivity contribution >= 4 is 17.7 Å². The number of aliphatic hydroxyl groups excluding tert-OH is 1. The summed E-state index contributed by atoms with van der Waals surface area (Å²) in [5, 5.41) is 9.79. The maximum absolute atomic E-state index is 12.5. The van der Waals surface area contributed by atoms with Crippen LogP contribution in [0.4, 0.5) is 24.7 Å². The van der Waals surface area contributed by atoms with Crippen LogP contribution in [-0.2, 0) is 0 Å². The highest BCUT2D eigenvalue weighted by Gasteiger charge is 2.31. The molecule has 0 radical (unpaired) electrons. The van der Waals surface area contributed by atoms with Crippen molar-refractivity contribution in [3.05, 3.63) is 60.3 Å². The molecule has 0 spiro atoms. The lowest BCUT2D eigenvalue weighted by Gasteiger charge is -2.17. The number of hydrogen-bond acceptors (Lipinski definition) is 6. The van der Waals surface area contributed by atoms with E-state index in [1.165, 1.54) is 18.2 Å². The fourth-order valence-corrected chi connectivity index (χ4v) is 3.78. The van der Waals surface area contributed by atoms with Crippen LogP contribution in [0.25, 0.3) is 11.1 Å². The SMILES string of the molecule is O[C@@H]1CCN(c2cc(-c3ccc4c(c3)C=Nc3cc(OC(F)(F)F)ccc3O4)ccn2)C1. The average molecular weight is 441 g/mol. The highest BCUT2D eigenvalue weighted by atomic mass is 19.4. The van der Waals surface area contributed by atoms with Crippen molar-refractivity contribution in [3.8, 4) is 28.4 Å². The number of benzene rings is 2. The van der Waals surface area contributed by atoms with E-state index >= 15 is 0 Å². The second kappa shape index (κ2) is 7.83. The van der Waals surface area contributed by atoms with Gasteiger partial charge in [0, 0.05) is 37.1 Å². The number of anilines is 1. The smallest absolute Gasteiger partial charge is 0.454 e. The first-order valence-electron chi connectivity index (χ1n) is 9.99. The second-order valence-electron chi connectivity index (χ2n) is 7.58. The zero-order valence-corrected chi connectivity index (χ0v) is 16.7. The molecule has 2 aliphatic heterocycles. The van der Waals surface area contributed by atoms with Crippen molar-refractivity contribution < 1.29 is 27.8 Å². The van der Waals surface area contributed by atoms with Crippen LogP contribution < -0.4 is 14.4 Å². The number of nitrogens with zero attached hydrogens (tertiary/aromatic N) is 3. The Balaban J connectivity index is 1.43. The Labute approximate surface area is 181 Å². The van der Waals surface area contributed by atoms with Gasteiger partial charge in [0.1, 0.15) is 23.0 Å². The van der Waals surface area contributed by atoms with Gasteiger partial charge in [-0.15, -0.1) is 13.2 Å². The van der Waals surface area contributed by atoms with Gasteiger partial charge in [-0.05, 0) is 53.9 Å². The molecule has 0 unspecified atom stereocenters. The van der Waals surface area contributed by atoms with E-state index in [9.17, 15) is 18.3 Å². The molecule has 2 aromatic carbocycles. The summed E-state index contributed by atoms with van der Waals surface area (Å²) in [5.41, 5.74) is 2.78. The Morgan fingerprint density at radius 3 is 2.62 bits per heavy atom. The summed E-state index contributed by atoms with van der Waals surface area (Å²) in [6, 6.07) is 13.2. The van der Waals surface area contributed by atoms with E-state index in [2.05, 4.69) is 14.7 Å². The van der Waals surface area contributed by atoms with Crippen LogP contribution in [0.2, 0.25) is 0 Å². The van der Waals surface area contributed by atoms with Crippen LogP contribution in [0, 0.1) is 0 Å². The minimum Gasteiger partial charge on any atom is -0.454 e. The third-order valence-electron chi connectivity index (χ3n) is 5.30. The van der Waals surface area contributed by atoms with Crippen LogP contribution in [0.5, 0.6) is 17.2 Å². The number of aliphatic hydroxyl groups is 1. The van der Waals surface area contributed by atoms with Crippen LogP contribution in [-0.4, -0.2) is 41.9 Å². The number of hydrogen-bond donors (Lipinski definition) is 1. The fourth-order valence-electron chi connectivity index (χ4n) is 3.78. The maximum atomic E-state index is 12.5. The number of rotatable bonds is 3. The molecule has 1 N–H and O–H groups in total. The van der Waals surface area contributed by atoms with Gasteiger partial charge in [0.15, 0.2) is 5.75 Å². The van der Waals surface area contributed by atoms with E-state index in [1.807, 2.05) is 29.2 Å². The number of aliphatic imine (C=N–C) groups is 1. The molecule has 3 heterocycles. The first-order valence-corrected chi connectivity index (χ1v) is 9.99. The van der Waals surface area contributed by atoms with E-state index < -0.39 is 6.36 Å². The van der Waals surface area contributed by atoms with E-state index in [4.69, 9.17) is 4.74 Å². The topological polar surface area (TPSA) is 67.2 Å². The van der Waals surface area contributed by atoms with Gasteiger partial charge >= 0.3 is 6.36 Å². The third kappa shape index (κ3) is 4.24. The highest BCUT2D eigenvalue weighted by molar-refractivity contribution is 5.90. The van der Waals surface area contributed by atoms with Crippen molar-refractivity contribution in [2.24, 2.45) is 4.99 Å². The van der Waals surface area contributed by atoms with Crippen LogP contribution in [0.15, 0.2) is 59.7 Å². The molecule has 164 valence electrons. The average Bonchev–Trinajstić information content (AvgIpc) is 3.11. The largest absolute Gasteiger partial charge is 0.573 e. The lowest BCUT2D eigenvalue weighted by Crippen LogP contribution is -2.22. The fraction of sp³-hybridized carbons (Fsp3) is 0.217. The number of fused-ring (bicyclic) bond motifs is 2. The number of halogens is 3. The van der Waals surface area contributed by atoms with Crippen molar-refractivity contribution in [3.63, 3.8) is 0 Å². The van der Waals surface area contributed by atoms with E-state index in [-0.39, 0.29) is 17.5 Å². The van der Waals surface area contributed by atoms with Gasteiger partial charge in [0.2, 0.25) is 0 Å². The number of aromatic nitrogens is 1. The highest BCUT2D eigenvalue weighted by Crippen LogP contribution is 2.40. The minimum absolute atomic E-state index is 0.239. The van der Waals surface area contributed by atoms with Crippen LogP contribution in [0.3, 0.4) is 0 Å². The van der Waals surface area contributed by atoms with Gasteiger partial charge < -0.3 is 19.5 Å². The predicted octanol–water partition coefficient (Wildman–Crippen LogP) is 5.07. The predicted molar refractivity (Wildman–Crippen MR) is 113 cm³/mol. The molecule has 1 fully saturated rings. The first-order chi connectivity index (χ1) is 15.3. The summed E-state index contributed by atoms with van der Waals surface area (Å²) >= 11 is 0. The van der Waals surface area contributed by atoms with E-state index in [0.29, 0.717) is 23.6 Å². The molecule has 0 saturated carbocycles. The summed E-state index contributed by atoms with van der Waals surface area (Å²) < 4.78 is 47.4. The molecule has 0 aliphatic carbocycles. The monoisotopic (exact) mass is 441 g/mol. The molecule has 0 bridgehead atoms. The molecule has 3 aromatic rings. The molecule has 1 aromatic heterocycles. The van der Waals surface area contributed by atoms with Gasteiger partial charge in [0.05, 0.1) is 6.10 Å². The number of ether oxygens (including phenoxy) is 2. The minimum atomic E-state index is -4.78. The second-order valence-corrected chi connectivity index (χ2v) is 7.58. The molecule has 0 amide bonds. The molecule has 1 atom stereocenters.